The van der Waals surface area contributed by atoms with Crippen LogP contribution in [0, 0.1) is 11.7 Å². The van der Waals surface area contributed by atoms with E-state index in [1.165, 1.54) is 18.6 Å². The van der Waals surface area contributed by atoms with Crippen LogP contribution in [0.15, 0.2) is 41.4 Å². The number of guanidine groups is 1. The van der Waals surface area contributed by atoms with Crippen LogP contribution in [-0.4, -0.2) is 18.5 Å². The Bertz CT molecular complexity index is 507. The van der Waals surface area contributed by atoms with Crippen molar-refractivity contribution < 1.29 is 4.39 Å². The first-order valence-electron chi connectivity index (χ1n) is 6.75. The first-order chi connectivity index (χ1) is 9.25. The summed E-state index contributed by atoms with van der Waals surface area (Å²) in [4.78, 5) is 6.43. The van der Waals surface area contributed by atoms with Gasteiger partial charge in [0.05, 0.1) is 12.6 Å². The summed E-state index contributed by atoms with van der Waals surface area (Å²) in [5.41, 5.74) is 6.94. The molecule has 0 fully saturated rings. The number of rotatable bonds is 2. The molecule has 0 saturated heterocycles. The summed E-state index contributed by atoms with van der Waals surface area (Å²) in [6, 6.07) is 6.79. The Balaban J connectivity index is 1.85. The van der Waals surface area contributed by atoms with Gasteiger partial charge in [-0.05, 0) is 49.4 Å². The third kappa shape index (κ3) is 2.35. The molecule has 100 valence electrons. The number of anilines is 1. The first-order valence-corrected chi connectivity index (χ1v) is 6.75. The number of benzene rings is 1. The predicted molar refractivity (Wildman–Crippen MR) is 75.6 cm³/mol. The van der Waals surface area contributed by atoms with Crippen molar-refractivity contribution in [2.75, 3.05) is 11.4 Å². The molecule has 0 amide bonds. The average Bonchev–Trinajstić information content (AvgIpc) is 2.83. The van der Waals surface area contributed by atoms with Gasteiger partial charge in [0.15, 0.2) is 5.96 Å². The lowest BCUT2D eigenvalue weighted by Crippen LogP contribution is -2.45. The average molecular weight is 259 g/mol. The van der Waals surface area contributed by atoms with E-state index in [1.54, 1.807) is 12.1 Å². The maximum absolute atomic E-state index is 13.0. The minimum absolute atomic E-state index is 0.226. The summed E-state index contributed by atoms with van der Waals surface area (Å²) < 4.78 is 13.0. The minimum Gasteiger partial charge on any atom is -0.370 e. The molecule has 3 nitrogen and oxygen atoms in total. The second-order valence-corrected chi connectivity index (χ2v) is 5.16. The summed E-state index contributed by atoms with van der Waals surface area (Å²) in [6.45, 7) is 0.738. The van der Waals surface area contributed by atoms with Crippen LogP contribution in [0.1, 0.15) is 19.3 Å². The molecule has 0 spiro atoms. The smallest absolute Gasteiger partial charge is 0.196 e. The maximum Gasteiger partial charge on any atom is 0.196 e. The number of nitrogens with zero attached hydrogens (tertiary/aromatic N) is 2. The third-order valence-electron chi connectivity index (χ3n) is 3.98. The number of nitrogens with two attached hydrogens (primary N) is 1. The van der Waals surface area contributed by atoms with Crippen molar-refractivity contribution in [3.8, 4) is 0 Å². The van der Waals surface area contributed by atoms with E-state index in [9.17, 15) is 4.39 Å². The van der Waals surface area contributed by atoms with E-state index in [2.05, 4.69) is 22.0 Å². The largest absolute Gasteiger partial charge is 0.370 e. The Morgan fingerprint density at radius 1 is 1.21 bits per heavy atom. The lowest BCUT2D eigenvalue weighted by atomic mass is 9.87. The molecule has 0 aromatic heterocycles. The number of halogens is 1. The molecular weight excluding hydrogens is 241 g/mol. The van der Waals surface area contributed by atoms with Gasteiger partial charge in [0.1, 0.15) is 5.82 Å². The highest BCUT2D eigenvalue weighted by Gasteiger charge is 2.33. The van der Waals surface area contributed by atoms with Crippen LogP contribution in [0.2, 0.25) is 0 Å². The zero-order valence-corrected chi connectivity index (χ0v) is 10.8. The third-order valence-corrected chi connectivity index (χ3v) is 3.98. The predicted octanol–water partition coefficient (Wildman–Crippen LogP) is 2.69. The lowest BCUT2D eigenvalue weighted by molar-refractivity contribution is 0.404. The molecule has 2 unspecified atom stereocenters. The van der Waals surface area contributed by atoms with Crippen LogP contribution in [0.5, 0.6) is 0 Å². The SMILES string of the molecule is NC1=NCC(C2CC=CCC2)N1c1ccc(F)cc1. The number of aliphatic imine (C=N–C) groups is 1. The summed E-state index contributed by atoms with van der Waals surface area (Å²) in [5.74, 6) is 0.890. The number of allylic oxidation sites excluding steroid dienone is 2. The molecule has 2 aliphatic rings. The van der Waals surface area contributed by atoms with Gasteiger partial charge in [0.2, 0.25) is 0 Å². The summed E-state index contributed by atoms with van der Waals surface area (Å²) in [7, 11) is 0. The van der Waals surface area contributed by atoms with Crippen molar-refractivity contribution >= 4 is 11.6 Å². The molecule has 1 aromatic rings. The van der Waals surface area contributed by atoms with E-state index in [-0.39, 0.29) is 5.82 Å². The van der Waals surface area contributed by atoms with E-state index < -0.39 is 0 Å². The van der Waals surface area contributed by atoms with E-state index in [4.69, 9.17) is 5.73 Å². The number of hydrogen-bond donors (Lipinski definition) is 1. The molecule has 0 saturated carbocycles. The van der Waals surface area contributed by atoms with Crippen molar-refractivity contribution in [1.29, 1.82) is 0 Å². The fourth-order valence-electron chi connectivity index (χ4n) is 2.97. The van der Waals surface area contributed by atoms with Crippen molar-refractivity contribution in [3.63, 3.8) is 0 Å². The fourth-order valence-corrected chi connectivity index (χ4v) is 2.97. The zero-order valence-electron chi connectivity index (χ0n) is 10.8. The van der Waals surface area contributed by atoms with Crippen molar-refractivity contribution in [2.24, 2.45) is 16.6 Å². The number of hydrogen-bond acceptors (Lipinski definition) is 3. The van der Waals surface area contributed by atoms with Crippen molar-refractivity contribution in [3.05, 3.63) is 42.2 Å². The molecule has 1 aliphatic carbocycles. The Hall–Kier alpha value is -1.84. The van der Waals surface area contributed by atoms with Crippen LogP contribution in [0.3, 0.4) is 0 Å². The highest BCUT2D eigenvalue weighted by molar-refractivity contribution is 5.97. The molecule has 2 N–H and O–H groups in total. The van der Waals surface area contributed by atoms with Crippen LogP contribution in [0.25, 0.3) is 0 Å². The molecule has 0 radical (unpaired) electrons. The van der Waals surface area contributed by atoms with Gasteiger partial charge in [-0.2, -0.15) is 0 Å². The van der Waals surface area contributed by atoms with Crippen LogP contribution < -0.4 is 10.6 Å². The van der Waals surface area contributed by atoms with Gasteiger partial charge >= 0.3 is 0 Å². The highest BCUT2D eigenvalue weighted by Crippen LogP contribution is 2.31. The van der Waals surface area contributed by atoms with E-state index in [0.717, 1.165) is 25.1 Å². The molecule has 0 bridgehead atoms. The van der Waals surface area contributed by atoms with Crippen LogP contribution in [0.4, 0.5) is 10.1 Å². The molecule has 1 aromatic carbocycles. The van der Waals surface area contributed by atoms with E-state index >= 15 is 0 Å². The Labute approximate surface area is 112 Å². The fraction of sp³-hybridized carbons (Fsp3) is 0.400. The quantitative estimate of drug-likeness (QED) is 0.830. The highest BCUT2D eigenvalue weighted by atomic mass is 19.1. The Morgan fingerprint density at radius 2 is 2.00 bits per heavy atom. The molecule has 2 atom stereocenters. The monoisotopic (exact) mass is 259 g/mol. The maximum atomic E-state index is 13.0. The molecule has 1 heterocycles. The minimum atomic E-state index is -0.226. The van der Waals surface area contributed by atoms with Gasteiger partial charge < -0.3 is 10.6 Å². The summed E-state index contributed by atoms with van der Waals surface area (Å²) in [5, 5.41) is 0. The lowest BCUT2D eigenvalue weighted by Gasteiger charge is -2.33. The Kier molecular flexibility index (Phi) is 3.23. The molecule has 1 aliphatic heterocycles. The van der Waals surface area contributed by atoms with Gasteiger partial charge in [0.25, 0.3) is 0 Å². The molecule has 4 heteroatoms. The van der Waals surface area contributed by atoms with Crippen molar-refractivity contribution in [2.45, 2.75) is 25.3 Å². The van der Waals surface area contributed by atoms with Crippen LogP contribution >= 0.6 is 0 Å². The van der Waals surface area contributed by atoms with E-state index in [1.807, 2.05) is 0 Å². The standard InChI is InChI=1S/C15H18FN3/c16-12-6-8-13(9-7-12)19-14(10-18-15(19)17)11-4-2-1-3-5-11/h1-2,6-9,11,14H,3-5,10H2,(H2,17,18). The molecule has 3 rings (SSSR count). The zero-order chi connectivity index (χ0) is 13.2. The molecule has 19 heavy (non-hydrogen) atoms. The normalized spacial score (nSPS) is 26.6. The summed E-state index contributed by atoms with van der Waals surface area (Å²) >= 11 is 0. The first kappa shape index (κ1) is 12.2. The second kappa shape index (κ2) is 5.03. The van der Waals surface area contributed by atoms with Gasteiger partial charge in [-0.15, -0.1) is 0 Å². The second-order valence-electron chi connectivity index (χ2n) is 5.16. The topological polar surface area (TPSA) is 41.6 Å². The Morgan fingerprint density at radius 3 is 2.68 bits per heavy atom. The van der Waals surface area contributed by atoms with E-state index in [0.29, 0.717) is 17.9 Å². The molecular formula is C15H18FN3. The van der Waals surface area contributed by atoms with Crippen molar-refractivity contribution in [1.82, 2.24) is 0 Å². The van der Waals surface area contributed by atoms with Gasteiger partial charge in [-0.3, -0.25) is 4.99 Å². The van der Waals surface area contributed by atoms with Gasteiger partial charge in [0, 0.05) is 5.69 Å². The van der Waals surface area contributed by atoms with Gasteiger partial charge in [-0.1, -0.05) is 12.2 Å². The van der Waals surface area contributed by atoms with Gasteiger partial charge in [-0.25, -0.2) is 4.39 Å². The summed E-state index contributed by atoms with van der Waals surface area (Å²) in [6.07, 6.45) is 7.84. The van der Waals surface area contributed by atoms with Crippen LogP contribution in [-0.2, 0) is 0 Å².